The first-order valence-electron chi connectivity index (χ1n) is 10.9. The Hall–Kier alpha value is -1.54. The van der Waals surface area contributed by atoms with Crippen LogP contribution in [0.4, 0.5) is 0 Å². The van der Waals surface area contributed by atoms with Gasteiger partial charge in [-0.25, -0.2) is 8.42 Å². The second kappa shape index (κ2) is 8.67. The zero-order valence-corrected chi connectivity index (χ0v) is 21.1. The van der Waals surface area contributed by atoms with E-state index in [1.54, 1.807) is 36.0 Å². The van der Waals surface area contributed by atoms with Crippen molar-refractivity contribution in [2.45, 2.75) is 48.8 Å². The molecule has 0 aromatic heterocycles. The van der Waals surface area contributed by atoms with Gasteiger partial charge in [0, 0.05) is 36.0 Å². The van der Waals surface area contributed by atoms with Gasteiger partial charge in [-0.3, -0.25) is 4.79 Å². The lowest BCUT2D eigenvalue weighted by Gasteiger charge is -2.43. The average Bonchev–Trinajstić information content (AvgIpc) is 3.16. The predicted molar refractivity (Wildman–Crippen MR) is 131 cm³/mol. The van der Waals surface area contributed by atoms with Crippen LogP contribution in [0.2, 0.25) is 5.02 Å². The van der Waals surface area contributed by atoms with Crippen LogP contribution in [0.25, 0.3) is 0 Å². The third-order valence-corrected chi connectivity index (χ3v) is 10.1. The van der Waals surface area contributed by atoms with Gasteiger partial charge in [0.05, 0.1) is 9.77 Å². The van der Waals surface area contributed by atoms with E-state index in [9.17, 15) is 13.2 Å². The lowest BCUT2D eigenvalue weighted by atomic mass is 9.86. The highest BCUT2D eigenvalue weighted by Crippen LogP contribution is 2.45. The van der Waals surface area contributed by atoms with Gasteiger partial charge in [-0.2, -0.15) is 4.31 Å². The Kier molecular flexibility index (Phi) is 6.40. The molecule has 0 aliphatic carbocycles. The maximum atomic E-state index is 13.4. The quantitative estimate of drug-likeness (QED) is 0.604. The van der Waals surface area contributed by atoms with Crippen LogP contribution in [0.15, 0.2) is 53.4 Å². The van der Waals surface area contributed by atoms with Crippen LogP contribution in [0, 0.1) is 0 Å². The van der Waals surface area contributed by atoms with Crippen LogP contribution < -0.4 is 0 Å². The number of rotatable bonds is 3. The van der Waals surface area contributed by atoms with Gasteiger partial charge >= 0.3 is 0 Å². The number of benzene rings is 2. The zero-order valence-electron chi connectivity index (χ0n) is 18.7. The van der Waals surface area contributed by atoms with E-state index in [-0.39, 0.29) is 21.1 Å². The fourth-order valence-electron chi connectivity index (χ4n) is 4.41. The van der Waals surface area contributed by atoms with E-state index in [1.165, 1.54) is 9.87 Å². The highest BCUT2D eigenvalue weighted by molar-refractivity contribution is 8.00. The second-order valence-electron chi connectivity index (χ2n) is 9.44. The lowest BCUT2D eigenvalue weighted by molar-refractivity contribution is 0.0605. The Morgan fingerprint density at radius 3 is 2.12 bits per heavy atom. The summed E-state index contributed by atoms with van der Waals surface area (Å²) in [4.78, 5) is 15.3. The molecule has 2 aromatic carbocycles. The normalized spacial score (nSPS) is 19.4. The molecule has 2 aromatic rings. The first-order valence-corrected chi connectivity index (χ1v) is 13.7. The fraction of sp³-hybridized carbons (Fsp3) is 0.458. The Morgan fingerprint density at radius 2 is 1.56 bits per heavy atom. The van der Waals surface area contributed by atoms with E-state index >= 15 is 0 Å². The minimum Gasteiger partial charge on any atom is -0.323 e. The smallest absolute Gasteiger partial charge is 0.254 e. The summed E-state index contributed by atoms with van der Waals surface area (Å²) < 4.78 is 27.6. The molecule has 2 aliphatic heterocycles. The number of hydrogen-bond donors (Lipinski definition) is 0. The van der Waals surface area contributed by atoms with Gasteiger partial charge < -0.3 is 4.90 Å². The van der Waals surface area contributed by atoms with Gasteiger partial charge in [-0.1, -0.05) is 44.5 Å². The molecule has 1 amide bonds. The number of thioether (sulfide) groups is 1. The molecule has 172 valence electrons. The molecule has 0 atom stereocenters. The minimum absolute atomic E-state index is 0.0319. The molecule has 0 saturated carbocycles. The number of carbonyl (C=O) groups is 1. The molecule has 0 radical (unpaired) electrons. The van der Waals surface area contributed by atoms with Crippen LogP contribution >= 0.6 is 23.4 Å². The molecule has 5 nitrogen and oxygen atoms in total. The number of nitrogens with zero attached hydrogens (tertiary/aromatic N) is 2. The lowest BCUT2D eigenvalue weighted by Crippen LogP contribution is -2.53. The van der Waals surface area contributed by atoms with Crippen LogP contribution in [-0.2, 0) is 15.4 Å². The van der Waals surface area contributed by atoms with E-state index in [4.69, 9.17) is 11.6 Å². The standard InChI is InChI=1S/C24H29ClN2O3S2/c1-23(2,3)19-6-4-18(5-7-19)22(28)27-16-17-31-24(27)12-14-26(15-13-24)32(29,30)21-10-8-20(25)9-11-21/h4-11H,12-17H2,1-3H3. The maximum Gasteiger partial charge on any atom is 0.254 e. The molecule has 2 fully saturated rings. The van der Waals surface area contributed by atoms with Crippen LogP contribution in [-0.4, -0.2) is 53.8 Å². The SMILES string of the molecule is CC(C)(C)c1ccc(C(=O)N2CCSC23CCN(S(=O)(=O)c2ccc(Cl)cc2)CC3)cc1. The van der Waals surface area contributed by atoms with E-state index < -0.39 is 10.0 Å². The van der Waals surface area contributed by atoms with Crippen molar-refractivity contribution in [3.8, 4) is 0 Å². The number of carbonyl (C=O) groups excluding carboxylic acids is 1. The van der Waals surface area contributed by atoms with Gasteiger partial charge in [0.15, 0.2) is 0 Å². The molecule has 32 heavy (non-hydrogen) atoms. The summed E-state index contributed by atoms with van der Waals surface area (Å²) in [6.07, 6.45) is 1.24. The van der Waals surface area contributed by atoms with E-state index in [0.29, 0.717) is 43.1 Å². The number of piperidine rings is 1. The van der Waals surface area contributed by atoms with Gasteiger partial charge in [0.25, 0.3) is 5.91 Å². The molecule has 1 spiro atoms. The van der Waals surface area contributed by atoms with Gasteiger partial charge in [0.2, 0.25) is 10.0 Å². The summed E-state index contributed by atoms with van der Waals surface area (Å²) in [7, 11) is -3.57. The van der Waals surface area contributed by atoms with Crippen molar-refractivity contribution in [1.29, 1.82) is 0 Å². The molecule has 0 unspecified atom stereocenters. The van der Waals surface area contributed by atoms with Crippen molar-refractivity contribution in [3.63, 3.8) is 0 Å². The van der Waals surface area contributed by atoms with E-state index in [0.717, 1.165) is 5.75 Å². The first kappa shape index (κ1) is 23.6. The Bertz CT molecular complexity index is 1090. The molecule has 0 bridgehead atoms. The van der Waals surface area contributed by atoms with Crippen molar-refractivity contribution in [2.24, 2.45) is 0 Å². The predicted octanol–water partition coefficient (Wildman–Crippen LogP) is 5.01. The summed E-state index contributed by atoms with van der Waals surface area (Å²) in [6.45, 7) is 7.94. The van der Waals surface area contributed by atoms with Gasteiger partial charge in [-0.05, 0) is 60.2 Å². The van der Waals surface area contributed by atoms with Crippen LogP contribution in [0.5, 0.6) is 0 Å². The van der Waals surface area contributed by atoms with Crippen molar-refractivity contribution < 1.29 is 13.2 Å². The number of sulfonamides is 1. The van der Waals surface area contributed by atoms with Crippen LogP contribution in [0.3, 0.4) is 0 Å². The van der Waals surface area contributed by atoms with Crippen molar-refractivity contribution in [2.75, 3.05) is 25.4 Å². The summed E-state index contributed by atoms with van der Waals surface area (Å²) in [5.74, 6) is 0.903. The molecular formula is C24H29ClN2O3S2. The summed E-state index contributed by atoms with van der Waals surface area (Å²) >= 11 is 7.69. The molecule has 4 rings (SSSR count). The summed E-state index contributed by atoms with van der Waals surface area (Å²) in [5, 5.41) is 0.508. The number of hydrogen-bond acceptors (Lipinski definition) is 4. The molecule has 0 N–H and O–H groups in total. The zero-order chi connectivity index (χ0) is 23.1. The topological polar surface area (TPSA) is 57.7 Å². The Morgan fingerprint density at radius 1 is 0.969 bits per heavy atom. The van der Waals surface area contributed by atoms with E-state index in [1.807, 2.05) is 29.2 Å². The minimum atomic E-state index is -3.57. The number of amides is 1. The summed E-state index contributed by atoms with van der Waals surface area (Å²) in [5.41, 5.74) is 1.92. The van der Waals surface area contributed by atoms with Gasteiger partial charge in [0.1, 0.15) is 0 Å². The van der Waals surface area contributed by atoms with Crippen molar-refractivity contribution >= 4 is 39.3 Å². The maximum absolute atomic E-state index is 13.4. The highest BCUT2D eigenvalue weighted by atomic mass is 35.5. The van der Waals surface area contributed by atoms with Gasteiger partial charge in [-0.15, -0.1) is 11.8 Å². The highest BCUT2D eigenvalue weighted by Gasteiger charge is 2.48. The molecule has 2 saturated heterocycles. The average molecular weight is 493 g/mol. The Balaban J connectivity index is 1.49. The Labute approximate surface area is 200 Å². The molecular weight excluding hydrogens is 464 g/mol. The number of halogens is 1. The fourth-order valence-corrected chi connectivity index (χ4v) is 7.43. The molecule has 8 heteroatoms. The van der Waals surface area contributed by atoms with Crippen LogP contribution in [0.1, 0.15) is 49.5 Å². The van der Waals surface area contributed by atoms with Crippen molar-refractivity contribution in [1.82, 2.24) is 9.21 Å². The first-order chi connectivity index (χ1) is 15.0. The third kappa shape index (κ3) is 4.45. The largest absolute Gasteiger partial charge is 0.323 e. The molecule has 2 heterocycles. The van der Waals surface area contributed by atoms with E-state index in [2.05, 4.69) is 20.8 Å². The summed E-state index contributed by atoms with van der Waals surface area (Å²) in [6, 6.07) is 14.2. The third-order valence-electron chi connectivity index (χ3n) is 6.38. The second-order valence-corrected chi connectivity index (χ2v) is 13.3. The van der Waals surface area contributed by atoms with Crippen molar-refractivity contribution in [3.05, 3.63) is 64.7 Å². The monoisotopic (exact) mass is 492 g/mol. The molecule has 2 aliphatic rings.